The third-order valence-corrected chi connectivity index (χ3v) is 4.81. The van der Waals surface area contributed by atoms with Crippen molar-refractivity contribution in [2.24, 2.45) is 7.05 Å². The molecule has 0 saturated heterocycles. The zero-order valence-electron chi connectivity index (χ0n) is 13.6. The molecule has 1 unspecified atom stereocenters. The molecule has 1 heterocycles. The summed E-state index contributed by atoms with van der Waals surface area (Å²) in [5.74, 6) is 2.05. The van der Waals surface area contributed by atoms with Gasteiger partial charge in [-0.15, -0.1) is 10.2 Å². The molecule has 6 heteroatoms. The Labute approximate surface area is 145 Å². The number of methoxy groups -OCH3 is 1. The quantitative estimate of drug-likeness (QED) is 0.697. The van der Waals surface area contributed by atoms with E-state index in [-0.39, 0.29) is 0 Å². The highest BCUT2D eigenvalue weighted by molar-refractivity contribution is 7.99. The number of rotatable bonds is 6. The molecule has 1 atom stereocenters. The lowest BCUT2D eigenvalue weighted by atomic mass is 10.1. The Hall–Kier alpha value is -2.31. The lowest BCUT2D eigenvalue weighted by Gasteiger charge is -2.11. The molecule has 0 spiro atoms. The number of thioether (sulfide) groups is 1. The van der Waals surface area contributed by atoms with Gasteiger partial charge in [-0.3, -0.25) is 0 Å². The highest BCUT2D eigenvalue weighted by Gasteiger charge is 2.14. The van der Waals surface area contributed by atoms with Crippen LogP contribution in [0.4, 0.5) is 0 Å². The number of hydrogen-bond acceptors (Lipinski definition) is 5. The van der Waals surface area contributed by atoms with E-state index in [1.54, 1.807) is 7.11 Å². The van der Waals surface area contributed by atoms with Crippen molar-refractivity contribution < 1.29 is 9.84 Å². The van der Waals surface area contributed by atoms with E-state index >= 15 is 0 Å². The lowest BCUT2D eigenvalue weighted by molar-refractivity contribution is 0.203. The second-order valence-corrected chi connectivity index (χ2v) is 6.32. The van der Waals surface area contributed by atoms with Gasteiger partial charge in [-0.05, 0) is 17.7 Å². The molecular formula is C18H19N3O2S. The average molecular weight is 341 g/mol. The minimum absolute atomic E-state index is 0.494. The molecule has 24 heavy (non-hydrogen) atoms. The van der Waals surface area contributed by atoms with Gasteiger partial charge in [0.15, 0.2) is 11.0 Å². The predicted octanol–water partition coefficient (Wildman–Crippen LogP) is 3.32. The van der Waals surface area contributed by atoms with Gasteiger partial charge in [0.2, 0.25) is 0 Å². The number of aliphatic hydroxyl groups excluding tert-OH is 1. The highest BCUT2D eigenvalue weighted by atomic mass is 32.2. The van der Waals surface area contributed by atoms with Gasteiger partial charge in [-0.1, -0.05) is 54.2 Å². The fourth-order valence-electron chi connectivity index (χ4n) is 2.38. The summed E-state index contributed by atoms with van der Waals surface area (Å²) in [6.45, 7) is 0. The maximum atomic E-state index is 10.4. The van der Waals surface area contributed by atoms with E-state index in [1.807, 2.05) is 66.2 Å². The van der Waals surface area contributed by atoms with Crippen molar-refractivity contribution in [1.29, 1.82) is 0 Å². The summed E-state index contributed by atoms with van der Waals surface area (Å²) in [6.07, 6.45) is -0.595. The molecule has 0 fully saturated rings. The maximum absolute atomic E-state index is 10.4. The monoisotopic (exact) mass is 341 g/mol. The second-order valence-electron chi connectivity index (χ2n) is 5.33. The number of benzene rings is 2. The average Bonchev–Trinajstić information content (AvgIpc) is 3.01. The van der Waals surface area contributed by atoms with Crippen molar-refractivity contribution in [2.45, 2.75) is 11.3 Å². The van der Waals surface area contributed by atoms with E-state index in [0.717, 1.165) is 27.9 Å². The number of ether oxygens (including phenoxy) is 1. The molecule has 5 nitrogen and oxygen atoms in total. The van der Waals surface area contributed by atoms with E-state index in [1.165, 1.54) is 11.8 Å². The van der Waals surface area contributed by atoms with Crippen LogP contribution in [-0.4, -0.2) is 32.7 Å². The molecule has 3 aromatic rings. The molecular weight excluding hydrogens is 322 g/mol. The first-order valence-corrected chi connectivity index (χ1v) is 8.57. The van der Waals surface area contributed by atoms with Gasteiger partial charge in [0.1, 0.15) is 5.75 Å². The van der Waals surface area contributed by atoms with Crippen LogP contribution in [0.3, 0.4) is 0 Å². The van der Waals surface area contributed by atoms with E-state index < -0.39 is 6.10 Å². The van der Waals surface area contributed by atoms with Crippen LogP contribution in [0, 0.1) is 0 Å². The molecule has 2 aromatic carbocycles. The minimum atomic E-state index is -0.595. The molecule has 0 amide bonds. The summed E-state index contributed by atoms with van der Waals surface area (Å²) < 4.78 is 7.14. The van der Waals surface area contributed by atoms with Crippen LogP contribution in [-0.2, 0) is 7.05 Å². The maximum Gasteiger partial charge on any atom is 0.191 e. The normalized spacial score (nSPS) is 12.1. The number of aromatic nitrogens is 3. The summed E-state index contributed by atoms with van der Waals surface area (Å²) in [5.41, 5.74) is 1.85. The zero-order chi connectivity index (χ0) is 16.9. The standard InChI is InChI=1S/C18H19N3O2S/c1-21-17(13-7-4-3-5-8-13)19-20-18(21)24-12-16(22)14-9-6-10-15(11-14)23-2/h3-11,16,22H,12H2,1-2H3. The van der Waals surface area contributed by atoms with Gasteiger partial charge < -0.3 is 14.4 Å². The summed E-state index contributed by atoms with van der Waals surface area (Å²) >= 11 is 1.48. The fourth-order valence-corrected chi connectivity index (χ4v) is 3.26. The first-order chi connectivity index (χ1) is 11.7. The Kier molecular flexibility index (Phi) is 5.17. The predicted molar refractivity (Wildman–Crippen MR) is 95.1 cm³/mol. The minimum Gasteiger partial charge on any atom is -0.497 e. The third kappa shape index (κ3) is 3.60. The summed E-state index contributed by atoms with van der Waals surface area (Å²) in [4.78, 5) is 0. The van der Waals surface area contributed by atoms with Crippen molar-refractivity contribution in [3.8, 4) is 17.1 Å². The van der Waals surface area contributed by atoms with Gasteiger partial charge in [0, 0.05) is 18.4 Å². The first kappa shape index (κ1) is 16.5. The van der Waals surface area contributed by atoms with Crippen LogP contribution in [0.25, 0.3) is 11.4 Å². The lowest BCUT2D eigenvalue weighted by Crippen LogP contribution is -2.02. The molecule has 0 aliphatic carbocycles. The summed E-state index contributed by atoms with van der Waals surface area (Å²) in [6, 6.07) is 17.4. The Balaban J connectivity index is 1.70. The van der Waals surface area contributed by atoms with Crippen molar-refractivity contribution in [3.63, 3.8) is 0 Å². The topological polar surface area (TPSA) is 60.2 Å². The number of nitrogens with zero attached hydrogens (tertiary/aromatic N) is 3. The van der Waals surface area contributed by atoms with Crippen LogP contribution in [0.1, 0.15) is 11.7 Å². The van der Waals surface area contributed by atoms with Crippen LogP contribution in [0.5, 0.6) is 5.75 Å². The van der Waals surface area contributed by atoms with Crippen molar-refractivity contribution in [1.82, 2.24) is 14.8 Å². The van der Waals surface area contributed by atoms with Gasteiger partial charge in [-0.2, -0.15) is 0 Å². The zero-order valence-corrected chi connectivity index (χ0v) is 14.4. The Morgan fingerprint density at radius 2 is 1.92 bits per heavy atom. The van der Waals surface area contributed by atoms with Gasteiger partial charge in [0.05, 0.1) is 13.2 Å². The Morgan fingerprint density at radius 3 is 2.67 bits per heavy atom. The first-order valence-electron chi connectivity index (χ1n) is 7.58. The molecule has 3 rings (SSSR count). The van der Waals surface area contributed by atoms with E-state index in [4.69, 9.17) is 4.74 Å². The fraction of sp³-hybridized carbons (Fsp3) is 0.222. The van der Waals surface area contributed by atoms with Crippen LogP contribution >= 0.6 is 11.8 Å². The third-order valence-electron chi connectivity index (χ3n) is 3.72. The van der Waals surface area contributed by atoms with Gasteiger partial charge >= 0.3 is 0 Å². The van der Waals surface area contributed by atoms with Gasteiger partial charge in [-0.25, -0.2) is 0 Å². The SMILES string of the molecule is COc1cccc(C(O)CSc2nnc(-c3ccccc3)n2C)c1. The van der Waals surface area contributed by atoms with Crippen molar-refractivity contribution in [3.05, 3.63) is 60.2 Å². The van der Waals surface area contributed by atoms with Crippen LogP contribution in [0.2, 0.25) is 0 Å². The van der Waals surface area contributed by atoms with Crippen LogP contribution < -0.4 is 4.74 Å². The molecule has 1 N–H and O–H groups in total. The van der Waals surface area contributed by atoms with E-state index in [2.05, 4.69) is 10.2 Å². The molecule has 0 bridgehead atoms. The smallest absolute Gasteiger partial charge is 0.191 e. The van der Waals surface area contributed by atoms with E-state index in [0.29, 0.717) is 5.75 Å². The summed E-state index contributed by atoms with van der Waals surface area (Å²) in [5, 5.41) is 19.6. The number of aliphatic hydroxyl groups is 1. The van der Waals surface area contributed by atoms with Crippen molar-refractivity contribution in [2.75, 3.05) is 12.9 Å². The highest BCUT2D eigenvalue weighted by Crippen LogP contribution is 2.27. The van der Waals surface area contributed by atoms with Gasteiger partial charge in [0.25, 0.3) is 0 Å². The summed E-state index contributed by atoms with van der Waals surface area (Å²) in [7, 11) is 3.55. The largest absolute Gasteiger partial charge is 0.497 e. The molecule has 0 aliphatic rings. The van der Waals surface area contributed by atoms with E-state index in [9.17, 15) is 5.11 Å². The second kappa shape index (κ2) is 7.51. The van der Waals surface area contributed by atoms with Crippen molar-refractivity contribution >= 4 is 11.8 Å². The Bertz CT molecular complexity index is 805. The molecule has 124 valence electrons. The molecule has 0 saturated carbocycles. The molecule has 1 aromatic heterocycles. The Morgan fingerprint density at radius 1 is 1.12 bits per heavy atom. The molecule has 0 radical (unpaired) electrons. The molecule has 0 aliphatic heterocycles. The van der Waals surface area contributed by atoms with Crippen LogP contribution in [0.15, 0.2) is 59.8 Å². The number of hydrogen-bond donors (Lipinski definition) is 1.